The van der Waals surface area contributed by atoms with Crippen LogP contribution in [0.2, 0.25) is 0 Å². The van der Waals surface area contributed by atoms with Crippen LogP contribution >= 0.6 is 0 Å². The Kier molecular flexibility index (Phi) is 4.84. The molecule has 0 aliphatic rings. The van der Waals surface area contributed by atoms with E-state index >= 15 is 0 Å². The molecule has 0 saturated heterocycles. The smallest absolute Gasteiger partial charge is 0.337 e. The zero-order valence-electron chi connectivity index (χ0n) is 11.4. The molecular formula is C17H15NO3. The van der Waals surface area contributed by atoms with Gasteiger partial charge in [0.25, 0.3) is 0 Å². The van der Waals surface area contributed by atoms with E-state index in [1.807, 2.05) is 24.3 Å². The van der Waals surface area contributed by atoms with Crippen molar-refractivity contribution >= 4 is 11.7 Å². The highest BCUT2D eigenvalue weighted by molar-refractivity contribution is 5.94. The molecule has 0 spiro atoms. The van der Waals surface area contributed by atoms with Gasteiger partial charge in [0.05, 0.1) is 5.56 Å². The van der Waals surface area contributed by atoms with Crippen LogP contribution in [-0.4, -0.2) is 17.7 Å². The molecule has 0 bridgehead atoms. The Labute approximate surface area is 123 Å². The number of anilines is 1. The molecule has 0 aliphatic heterocycles. The molecule has 106 valence electrons. The summed E-state index contributed by atoms with van der Waals surface area (Å²) in [5.41, 5.74) is 1.71. The van der Waals surface area contributed by atoms with E-state index in [1.165, 1.54) is 0 Å². The van der Waals surface area contributed by atoms with Crippen LogP contribution < -0.4 is 10.1 Å². The Hall–Kier alpha value is -2.93. The first kappa shape index (κ1) is 14.5. The molecule has 0 heterocycles. The lowest BCUT2D eigenvalue weighted by atomic mass is 10.1. The van der Waals surface area contributed by atoms with Gasteiger partial charge >= 0.3 is 5.97 Å². The van der Waals surface area contributed by atoms with Crippen LogP contribution in [0.4, 0.5) is 5.69 Å². The van der Waals surface area contributed by atoms with Gasteiger partial charge in [0.1, 0.15) is 12.4 Å². The highest BCUT2D eigenvalue weighted by Gasteiger charge is 2.09. The van der Waals surface area contributed by atoms with E-state index in [2.05, 4.69) is 11.2 Å². The first-order chi connectivity index (χ1) is 10.2. The molecule has 2 rings (SSSR count). The summed E-state index contributed by atoms with van der Waals surface area (Å²) >= 11 is 0. The maximum Gasteiger partial charge on any atom is 0.337 e. The highest BCUT2D eigenvalue weighted by atomic mass is 16.5. The normalized spacial score (nSPS) is 9.67. The van der Waals surface area contributed by atoms with Crippen molar-refractivity contribution in [2.45, 2.75) is 6.54 Å². The number of aromatic carboxylic acids is 1. The second-order valence-electron chi connectivity index (χ2n) is 4.30. The maximum atomic E-state index is 11.2. The maximum absolute atomic E-state index is 11.2. The molecule has 21 heavy (non-hydrogen) atoms. The number of hydrogen-bond acceptors (Lipinski definition) is 3. The molecule has 0 aliphatic carbocycles. The van der Waals surface area contributed by atoms with Crippen LogP contribution in [0.15, 0.2) is 48.5 Å². The minimum Gasteiger partial charge on any atom is -0.481 e. The molecule has 4 heteroatoms. The second kappa shape index (κ2) is 7.01. The summed E-state index contributed by atoms with van der Waals surface area (Å²) in [5, 5.41) is 12.3. The number of nitrogens with one attached hydrogen (secondary N) is 1. The van der Waals surface area contributed by atoms with E-state index in [0.29, 0.717) is 18.0 Å². The van der Waals surface area contributed by atoms with Crippen molar-refractivity contribution in [1.82, 2.24) is 0 Å². The monoisotopic (exact) mass is 281 g/mol. The van der Waals surface area contributed by atoms with Gasteiger partial charge in [-0.05, 0) is 18.2 Å². The molecule has 2 aromatic rings. The summed E-state index contributed by atoms with van der Waals surface area (Å²) in [7, 11) is 0. The summed E-state index contributed by atoms with van der Waals surface area (Å²) in [4.78, 5) is 11.2. The Balaban J connectivity index is 2.14. The van der Waals surface area contributed by atoms with Gasteiger partial charge in [0.15, 0.2) is 0 Å². The van der Waals surface area contributed by atoms with E-state index in [9.17, 15) is 4.79 Å². The minimum atomic E-state index is -0.963. The molecule has 4 nitrogen and oxygen atoms in total. The molecule has 0 aromatic heterocycles. The summed E-state index contributed by atoms with van der Waals surface area (Å²) in [5.74, 6) is 2.15. The van der Waals surface area contributed by atoms with E-state index in [1.54, 1.807) is 24.3 Å². The van der Waals surface area contributed by atoms with Crippen LogP contribution in [0.25, 0.3) is 0 Å². The fourth-order valence-electron chi connectivity index (χ4n) is 1.92. The summed E-state index contributed by atoms with van der Waals surface area (Å²) in [6.07, 6.45) is 5.19. The first-order valence-electron chi connectivity index (χ1n) is 6.42. The molecule has 2 aromatic carbocycles. The van der Waals surface area contributed by atoms with Crippen LogP contribution in [0.3, 0.4) is 0 Å². The van der Waals surface area contributed by atoms with Gasteiger partial charge in [-0.3, -0.25) is 0 Å². The fourth-order valence-corrected chi connectivity index (χ4v) is 1.92. The lowest BCUT2D eigenvalue weighted by molar-refractivity contribution is 0.0698. The van der Waals surface area contributed by atoms with Gasteiger partial charge in [0, 0.05) is 17.8 Å². The summed E-state index contributed by atoms with van der Waals surface area (Å²) < 4.78 is 5.46. The number of carboxylic acids is 1. The number of benzene rings is 2. The Morgan fingerprint density at radius 2 is 1.90 bits per heavy atom. The topological polar surface area (TPSA) is 58.6 Å². The van der Waals surface area contributed by atoms with Crippen LogP contribution in [0, 0.1) is 12.3 Å². The third-order valence-electron chi connectivity index (χ3n) is 2.91. The number of carboxylic acid groups (broad SMARTS) is 1. The summed E-state index contributed by atoms with van der Waals surface area (Å²) in [6.45, 7) is 0.647. The number of carbonyl (C=O) groups is 1. The molecule has 0 radical (unpaired) electrons. The fraction of sp³-hybridized carbons (Fsp3) is 0.118. The Bertz CT molecular complexity index is 674. The van der Waals surface area contributed by atoms with Gasteiger partial charge < -0.3 is 15.2 Å². The van der Waals surface area contributed by atoms with Crippen molar-refractivity contribution < 1.29 is 14.6 Å². The quantitative estimate of drug-likeness (QED) is 0.799. The number of terminal acetylenes is 1. The number of ether oxygens (including phenoxy) is 1. The third kappa shape index (κ3) is 3.77. The van der Waals surface area contributed by atoms with Gasteiger partial charge in [-0.15, -0.1) is 6.42 Å². The van der Waals surface area contributed by atoms with Crippen molar-refractivity contribution in [3.63, 3.8) is 0 Å². The van der Waals surface area contributed by atoms with Crippen LogP contribution in [-0.2, 0) is 6.54 Å². The predicted octanol–water partition coefficient (Wildman–Crippen LogP) is 3.01. The van der Waals surface area contributed by atoms with E-state index in [4.69, 9.17) is 16.3 Å². The van der Waals surface area contributed by atoms with Crippen molar-refractivity contribution in [2.75, 3.05) is 11.9 Å². The largest absolute Gasteiger partial charge is 0.481 e. The van der Waals surface area contributed by atoms with Crippen molar-refractivity contribution in [1.29, 1.82) is 0 Å². The molecule has 2 N–H and O–H groups in total. The number of rotatable bonds is 6. The molecule has 0 fully saturated rings. The average molecular weight is 281 g/mol. The number of hydrogen-bond donors (Lipinski definition) is 2. The lowest BCUT2D eigenvalue weighted by Crippen LogP contribution is -2.07. The van der Waals surface area contributed by atoms with Gasteiger partial charge in [-0.1, -0.05) is 36.3 Å². The Morgan fingerprint density at radius 1 is 1.19 bits per heavy atom. The minimum absolute atomic E-state index is 0.197. The molecular weight excluding hydrogens is 266 g/mol. The molecule has 0 unspecified atom stereocenters. The van der Waals surface area contributed by atoms with Crippen molar-refractivity contribution in [3.8, 4) is 18.1 Å². The SMILES string of the molecule is C#CCOc1ccccc1CNc1ccccc1C(=O)O. The van der Waals surface area contributed by atoms with Crippen LogP contribution in [0.5, 0.6) is 5.75 Å². The van der Waals surface area contributed by atoms with E-state index in [-0.39, 0.29) is 12.2 Å². The first-order valence-corrected chi connectivity index (χ1v) is 6.42. The predicted molar refractivity (Wildman–Crippen MR) is 81.5 cm³/mol. The second-order valence-corrected chi connectivity index (χ2v) is 4.30. The van der Waals surface area contributed by atoms with Gasteiger partial charge in [0.2, 0.25) is 0 Å². The third-order valence-corrected chi connectivity index (χ3v) is 2.91. The standard InChI is InChI=1S/C17H15NO3/c1-2-11-21-16-10-6-3-7-13(16)12-18-15-9-5-4-8-14(15)17(19)20/h1,3-10,18H,11-12H2,(H,19,20). The van der Waals surface area contributed by atoms with E-state index in [0.717, 1.165) is 5.56 Å². The molecule has 0 amide bonds. The lowest BCUT2D eigenvalue weighted by Gasteiger charge is -2.12. The van der Waals surface area contributed by atoms with E-state index < -0.39 is 5.97 Å². The summed E-state index contributed by atoms with van der Waals surface area (Å²) in [6, 6.07) is 14.3. The van der Waals surface area contributed by atoms with Gasteiger partial charge in [-0.2, -0.15) is 0 Å². The zero-order chi connectivity index (χ0) is 15.1. The Morgan fingerprint density at radius 3 is 2.67 bits per heavy atom. The zero-order valence-corrected chi connectivity index (χ0v) is 11.4. The molecule has 0 saturated carbocycles. The van der Waals surface area contributed by atoms with Crippen molar-refractivity contribution in [3.05, 3.63) is 59.7 Å². The molecule has 0 atom stereocenters. The number of para-hydroxylation sites is 2. The highest BCUT2D eigenvalue weighted by Crippen LogP contribution is 2.21. The van der Waals surface area contributed by atoms with Crippen molar-refractivity contribution in [2.24, 2.45) is 0 Å². The van der Waals surface area contributed by atoms with Crippen LogP contribution in [0.1, 0.15) is 15.9 Å². The average Bonchev–Trinajstić information content (AvgIpc) is 2.52. The van der Waals surface area contributed by atoms with Gasteiger partial charge in [-0.25, -0.2) is 4.79 Å².